The van der Waals surface area contributed by atoms with E-state index < -0.39 is 29.9 Å². The average molecular weight is 432 g/mol. The van der Waals surface area contributed by atoms with Crippen LogP contribution < -0.4 is 27.0 Å². The zero-order valence-corrected chi connectivity index (χ0v) is 17.7. The molecule has 1 fully saturated rings. The van der Waals surface area contributed by atoms with Crippen molar-refractivity contribution < 1.29 is 24.3 Å². The summed E-state index contributed by atoms with van der Waals surface area (Å²) in [6, 6.07) is -2.19. The van der Waals surface area contributed by atoms with Crippen LogP contribution in [0.5, 0.6) is 0 Å². The molecule has 1 aliphatic rings. The zero-order valence-electron chi connectivity index (χ0n) is 16.9. The Morgan fingerprint density at radius 1 is 1.17 bits per heavy atom. The summed E-state index contributed by atoms with van der Waals surface area (Å²) in [6.07, 6.45) is 5.40. The SMILES string of the molecule is CSCCC(NC(=O)C(CCCCN)NC(=O)CNC(=O)C1CCCN1)C(=O)O. The summed E-state index contributed by atoms with van der Waals surface area (Å²) in [5, 5.41) is 20.0. The summed E-state index contributed by atoms with van der Waals surface area (Å²) in [5.41, 5.74) is 5.49. The van der Waals surface area contributed by atoms with Crippen LogP contribution in [0.15, 0.2) is 0 Å². The number of carboxylic acid groups (broad SMARTS) is 1. The van der Waals surface area contributed by atoms with Gasteiger partial charge in [-0.15, -0.1) is 0 Å². The highest BCUT2D eigenvalue weighted by atomic mass is 32.2. The van der Waals surface area contributed by atoms with Crippen molar-refractivity contribution >= 4 is 35.5 Å². The van der Waals surface area contributed by atoms with Gasteiger partial charge in [-0.25, -0.2) is 4.79 Å². The van der Waals surface area contributed by atoms with Crippen LogP contribution in [0.3, 0.4) is 0 Å². The second-order valence-electron chi connectivity index (χ2n) is 6.95. The number of nitrogens with two attached hydrogens (primary N) is 1. The molecule has 0 aromatic rings. The molecule has 0 aromatic carbocycles. The summed E-state index contributed by atoms with van der Waals surface area (Å²) < 4.78 is 0. The number of amides is 3. The molecule has 10 nitrogen and oxygen atoms in total. The largest absolute Gasteiger partial charge is 0.480 e. The summed E-state index contributed by atoms with van der Waals surface area (Å²) in [6.45, 7) is 0.986. The van der Waals surface area contributed by atoms with Gasteiger partial charge in [-0.2, -0.15) is 11.8 Å². The molecule has 0 bridgehead atoms. The van der Waals surface area contributed by atoms with E-state index in [-0.39, 0.29) is 24.9 Å². The Morgan fingerprint density at radius 3 is 2.52 bits per heavy atom. The molecule has 0 aliphatic carbocycles. The molecule has 0 aromatic heterocycles. The van der Waals surface area contributed by atoms with Crippen molar-refractivity contribution in [1.29, 1.82) is 0 Å². The first-order valence-corrected chi connectivity index (χ1v) is 11.3. The van der Waals surface area contributed by atoms with Crippen molar-refractivity contribution in [2.75, 3.05) is 31.6 Å². The first-order valence-electron chi connectivity index (χ1n) is 9.91. The molecule has 29 heavy (non-hydrogen) atoms. The topological polar surface area (TPSA) is 163 Å². The van der Waals surface area contributed by atoms with E-state index in [0.717, 1.165) is 19.4 Å². The number of thioether (sulfide) groups is 1. The molecule has 7 N–H and O–H groups in total. The molecule has 1 heterocycles. The summed E-state index contributed by atoms with van der Waals surface area (Å²) in [4.78, 5) is 48.2. The number of carbonyl (C=O) groups excluding carboxylic acids is 3. The van der Waals surface area contributed by atoms with Gasteiger partial charge in [-0.05, 0) is 63.6 Å². The third-order valence-electron chi connectivity index (χ3n) is 4.62. The maximum atomic E-state index is 12.6. The second kappa shape index (κ2) is 14.2. The Balaban J connectivity index is 2.59. The lowest BCUT2D eigenvalue weighted by molar-refractivity contribution is -0.142. The predicted molar refractivity (Wildman–Crippen MR) is 111 cm³/mol. The van der Waals surface area contributed by atoms with Crippen molar-refractivity contribution in [3.8, 4) is 0 Å². The van der Waals surface area contributed by atoms with Crippen LogP contribution in [-0.2, 0) is 19.2 Å². The molecular weight excluding hydrogens is 398 g/mol. The van der Waals surface area contributed by atoms with Gasteiger partial charge in [-0.3, -0.25) is 14.4 Å². The van der Waals surface area contributed by atoms with Crippen LogP contribution in [0, 0.1) is 0 Å². The van der Waals surface area contributed by atoms with E-state index in [0.29, 0.717) is 31.6 Å². The van der Waals surface area contributed by atoms with E-state index in [1.807, 2.05) is 6.26 Å². The van der Waals surface area contributed by atoms with Gasteiger partial charge in [-0.1, -0.05) is 0 Å². The highest BCUT2D eigenvalue weighted by Crippen LogP contribution is 2.06. The highest BCUT2D eigenvalue weighted by Gasteiger charge is 2.27. The minimum atomic E-state index is -1.12. The maximum absolute atomic E-state index is 12.6. The zero-order chi connectivity index (χ0) is 21.6. The average Bonchev–Trinajstić information content (AvgIpc) is 3.23. The van der Waals surface area contributed by atoms with Gasteiger partial charge in [0.2, 0.25) is 17.7 Å². The number of rotatable bonds is 14. The van der Waals surface area contributed by atoms with Gasteiger partial charge in [0.15, 0.2) is 0 Å². The van der Waals surface area contributed by atoms with Gasteiger partial charge < -0.3 is 32.1 Å². The van der Waals surface area contributed by atoms with Crippen LogP contribution in [0.25, 0.3) is 0 Å². The van der Waals surface area contributed by atoms with E-state index in [1.165, 1.54) is 11.8 Å². The normalized spacial score (nSPS) is 17.9. The van der Waals surface area contributed by atoms with Crippen LogP contribution in [0.1, 0.15) is 38.5 Å². The highest BCUT2D eigenvalue weighted by molar-refractivity contribution is 7.98. The lowest BCUT2D eigenvalue weighted by Gasteiger charge is -2.21. The number of hydrogen-bond acceptors (Lipinski definition) is 7. The van der Waals surface area contributed by atoms with Crippen LogP contribution in [0.4, 0.5) is 0 Å². The lowest BCUT2D eigenvalue weighted by atomic mass is 10.1. The van der Waals surface area contributed by atoms with Crippen LogP contribution in [0.2, 0.25) is 0 Å². The molecule has 1 aliphatic heterocycles. The van der Waals surface area contributed by atoms with Crippen molar-refractivity contribution in [1.82, 2.24) is 21.3 Å². The van der Waals surface area contributed by atoms with Crippen LogP contribution in [-0.4, -0.2) is 78.6 Å². The molecule has 0 saturated carbocycles. The molecule has 166 valence electrons. The van der Waals surface area contributed by atoms with Crippen molar-refractivity contribution in [2.24, 2.45) is 5.73 Å². The smallest absolute Gasteiger partial charge is 0.326 e. The van der Waals surface area contributed by atoms with Gasteiger partial charge in [0.05, 0.1) is 12.6 Å². The second-order valence-corrected chi connectivity index (χ2v) is 7.94. The number of unbranched alkanes of at least 4 members (excludes halogenated alkanes) is 1. The van der Waals surface area contributed by atoms with Gasteiger partial charge in [0.25, 0.3) is 0 Å². The van der Waals surface area contributed by atoms with E-state index in [1.54, 1.807) is 0 Å². The Kier molecular flexibility index (Phi) is 12.3. The monoisotopic (exact) mass is 431 g/mol. The summed E-state index contributed by atoms with van der Waals surface area (Å²) >= 11 is 1.49. The van der Waals surface area contributed by atoms with Gasteiger partial charge >= 0.3 is 5.97 Å². The third-order valence-corrected chi connectivity index (χ3v) is 5.27. The molecule has 0 radical (unpaired) electrons. The Bertz CT molecular complexity index is 557. The molecule has 1 saturated heterocycles. The molecule has 0 spiro atoms. The number of carboxylic acids is 1. The molecule has 3 atom stereocenters. The van der Waals surface area contributed by atoms with E-state index in [2.05, 4.69) is 21.3 Å². The quantitative estimate of drug-likeness (QED) is 0.187. The molecular formula is C18H33N5O5S. The van der Waals surface area contributed by atoms with E-state index in [9.17, 15) is 24.3 Å². The number of nitrogens with one attached hydrogen (secondary N) is 4. The fraction of sp³-hybridized carbons (Fsp3) is 0.778. The Labute approximate surface area is 175 Å². The van der Waals surface area contributed by atoms with E-state index >= 15 is 0 Å². The molecule has 1 rings (SSSR count). The fourth-order valence-electron chi connectivity index (χ4n) is 2.97. The van der Waals surface area contributed by atoms with Gasteiger partial charge in [0.1, 0.15) is 12.1 Å². The number of hydrogen-bond donors (Lipinski definition) is 6. The van der Waals surface area contributed by atoms with Crippen molar-refractivity contribution in [3.63, 3.8) is 0 Å². The lowest BCUT2D eigenvalue weighted by Crippen LogP contribution is -2.53. The predicted octanol–water partition coefficient (Wildman–Crippen LogP) is -1.21. The molecule has 3 amide bonds. The first kappa shape index (κ1) is 25.2. The standard InChI is InChI=1S/C18H33N5O5S/c1-29-10-7-14(18(27)28)23-17(26)13(5-2-3-8-19)22-15(24)11-21-16(25)12-6-4-9-20-12/h12-14,20H,2-11,19H2,1H3,(H,21,25)(H,22,24)(H,23,26)(H,27,28). The summed E-state index contributed by atoms with van der Waals surface area (Å²) in [5.74, 6) is -1.82. The third kappa shape index (κ3) is 9.95. The fourth-order valence-corrected chi connectivity index (χ4v) is 3.44. The van der Waals surface area contributed by atoms with Gasteiger partial charge in [0, 0.05) is 0 Å². The summed E-state index contributed by atoms with van der Waals surface area (Å²) in [7, 11) is 0. The van der Waals surface area contributed by atoms with Crippen molar-refractivity contribution in [3.05, 3.63) is 0 Å². The molecule has 3 unspecified atom stereocenters. The Hall–Kier alpha value is -1.85. The minimum absolute atomic E-state index is 0.244. The maximum Gasteiger partial charge on any atom is 0.326 e. The molecule has 11 heteroatoms. The minimum Gasteiger partial charge on any atom is -0.480 e. The van der Waals surface area contributed by atoms with Crippen molar-refractivity contribution in [2.45, 2.75) is 56.7 Å². The first-order chi connectivity index (χ1) is 13.9. The van der Waals surface area contributed by atoms with Crippen LogP contribution >= 0.6 is 11.8 Å². The number of aliphatic carboxylic acids is 1. The van der Waals surface area contributed by atoms with E-state index in [4.69, 9.17) is 5.73 Å². The Morgan fingerprint density at radius 2 is 1.93 bits per heavy atom. The number of carbonyl (C=O) groups is 4.